The van der Waals surface area contributed by atoms with Gasteiger partial charge in [-0.1, -0.05) is 53.4 Å². The van der Waals surface area contributed by atoms with Crippen molar-refractivity contribution in [1.82, 2.24) is 0 Å². The fourth-order valence-corrected chi connectivity index (χ4v) is 2.94. The van der Waals surface area contributed by atoms with Gasteiger partial charge in [0, 0.05) is 12.8 Å². The number of carbonyl (C=O) groups excluding carboxylic acids is 2. The Bertz CT molecular complexity index is 463. The highest BCUT2D eigenvalue weighted by molar-refractivity contribution is 5.69. The molecule has 6 nitrogen and oxygen atoms in total. The predicted octanol–water partition coefficient (Wildman–Crippen LogP) is 5.70. The van der Waals surface area contributed by atoms with E-state index >= 15 is 0 Å². The van der Waals surface area contributed by atoms with Crippen molar-refractivity contribution in [2.75, 3.05) is 19.8 Å². The topological polar surface area (TPSA) is 71.1 Å². The molecule has 0 aromatic carbocycles. The minimum Gasteiger partial charge on any atom is -0.463 e. The number of esters is 2. The maximum absolute atomic E-state index is 11.9. The average molecular weight is 445 g/mol. The third-order valence-electron chi connectivity index (χ3n) is 4.87. The van der Waals surface area contributed by atoms with E-state index in [1.54, 1.807) is 0 Å². The Morgan fingerprint density at radius 1 is 0.581 bits per heavy atom. The molecule has 0 radical (unpaired) electrons. The number of unbranched alkanes of at least 4 members (excludes halogenated alkanes) is 2. The molecule has 0 fully saturated rings. The second-order valence-electron chi connectivity index (χ2n) is 9.55. The van der Waals surface area contributed by atoms with Crippen LogP contribution in [-0.4, -0.2) is 50.1 Å². The highest BCUT2D eigenvalue weighted by atomic mass is 16.6. The zero-order valence-electron chi connectivity index (χ0n) is 21.1. The summed E-state index contributed by atoms with van der Waals surface area (Å²) in [4.78, 5) is 23.6. The maximum atomic E-state index is 11.9. The van der Waals surface area contributed by atoms with Crippen LogP contribution in [0.25, 0.3) is 0 Å². The monoisotopic (exact) mass is 444 g/mol. The zero-order chi connectivity index (χ0) is 23.6. The standard InChI is InChI=1S/C25H48O6/c1-19(2)12-8-10-14-24(26)30-17-22(6)28-16-21(5)29-18-23(7)31-25(27)15-11-9-13-20(3)4/h19-23H,8-18H2,1-7H3. The van der Waals surface area contributed by atoms with Gasteiger partial charge in [-0.15, -0.1) is 0 Å². The van der Waals surface area contributed by atoms with E-state index in [0.717, 1.165) is 38.5 Å². The first kappa shape index (κ1) is 29.9. The van der Waals surface area contributed by atoms with E-state index in [0.29, 0.717) is 37.9 Å². The van der Waals surface area contributed by atoms with Gasteiger partial charge in [-0.25, -0.2) is 0 Å². The third kappa shape index (κ3) is 20.5. The number of hydrogen-bond acceptors (Lipinski definition) is 6. The molecular weight excluding hydrogens is 396 g/mol. The van der Waals surface area contributed by atoms with Crippen LogP contribution in [0.5, 0.6) is 0 Å². The molecule has 6 heteroatoms. The fraction of sp³-hybridized carbons (Fsp3) is 0.920. The third-order valence-corrected chi connectivity index (χ3v) is 4.87. The molecule has 0 saturated carbocycles. The van der Waals surface area contributed by atoms with Gasteiger partial charge in [0.05, 0.1) is 25.4 Å². The lowest BCUT2D eigenvalue weighted by atomic mass is 10.1. The molecule has 0 N–H and O–H groups in total. The van der Waals surface area contributed by atoms with Crippen molar-refractivity contribution in [1.29, 1.82) is 0 Å². The quantitative estimate of drug-likeness (QED) is 0.188. The Morgan fingerprint density at radius 3 is 1.55 bits per heavy atom. The first-order valence-corrected chi connectivity index (χ1v) is 12.2. The SMILES string of the molecule is CC(C)CCCCC(=O)OCC(C)OCC(C)OCC(C)OC(=O)CCCCC(C)C. The van der Waals surface area contributed by atoms with E-state index in [1.165, 1.54) is 0 Å². The lowest BCUT2D eigenvalue weighted by Crippen LogP contribution is -2.28. The molecule has 0 aromatic rings. The Balaban J connectivity index is 3.76. The summed E-state index contributed by atoms with van der Waals surface area (Å²) in [5.41, 5.74) is 0. The number of ether oxygens (including phenoxy) is 4. The van der Waals surface area contributed by atoms with Gasteiger partial charge in [-0.2, -0.15) is 0 Å². The summed E-state index contributed by atoms with van der Waals surface area (Å²) in [5, 5.41) is 0. The normalized spacial score (nSPS) is 14.5. The van der Waals surface area contributed by atoms with Gasteiger partial charge >= 0.3 is 11.9 Å². The van der Waals surface area contributed by atoms with E-state index in [9.17, 15) is 9.59 Å². The number of hydrogen-bond donors (Lipinski definition) is 0. The summed E-state index contributed by atoms with van der Waals surface area (Å²) in [7, 11) is 0. The summed E-state index contributed by atoms with van der Waals surface area (Å²) >= 11 is 0. The molecule has 0 amide bonds. The molecule has 0 aliphatic rings. The molecule has 0 aromatic heterocycles. The zero-order valence-corrected chi connectivity index (χ0v) is 21.1. The van der Waals surface area contributed by atoms with Crippen LogP contribution < -0.4 is 0 Å². The Morgan fingerprint density at radius 2 is 1.03 bits per heavy atom. The molecule has 0 heterocycles. The van der Waals surface area contributed by atoms with Gasteiger partial charge in [-0.3, -0.25) is 9.59 Å². The predicted molar refractivity (Wildman–Crippen MR) is 124 cm³/mol. The smallest absolute Gasteiger partial charge is 0.306 e. The van der Waals surface area contributed by atoms with Gasteiger partial charge in [0.1, 0.15) is 12.7 Å². The first-order chi connectivity index (χ1) is 14.6. The van der Waals surface area contributed by atoms with Crippen LogP contribution in [0.1, 0.15) is 99.8 Å². The average Bonchev–Trinajstić information content (AvgIpc) is 2.69. The van der Waals surface area contributed by atoms with E-state index < -0.39 is 0 Å². The van der Waals surface area contributed by atoms with Crippen LogP contribution in [0.4, 0.5) is 0 Å². The van der Waals surface area contributed by atoms with Gasteiger partial charge in [-0.05, 0) is 45.4 Å². The van der Waals surface area contributed by atoms with Gasteiger partial charge in [0.15, 0.2) is 0 Å². The van der Waals surface area contributed by atoms with Crippen LogP contribution in [0.2, 0.25) is 0 Å². The minimum atomic E-state index is -0.283. The van der Waals surface area contributed by atoms with Crippen molar-refractivity contribution < 1.29 is 28.5 Å². The summed E-state index contributed by atoms with van der Waals surface area (Å²) in [6.07, 6.45) is 6.45. The molecule has 0 aliphatic carbocycles. The second-order valence-corrected chi connectivity index (χ2v) is 9.55. The molecular formula is C25H48O6. The van der Waals surface area contributed by atoms with Crippen LogP contribution in [-0.2, 0) is 28.5 Å². The lowest BCUT2D eigenvalue weighted by Gasteiger charge is -2.20. The number of carbonyl (C=O) groups is 2. The lowest BCUT2D eigenvalue weighted by molar-refractivity contribution is -0.154. The van der Waals surface area contributed by atoms with Crippen LogP contribution in [0.3, 0.4) is 0 Å². The van der Waals surface area contributed by atoms with E-state index in [-0.39, 0.29) is 36.9 Å². The molecule has 0 bridgehead atoms. The second kappa shape index (κ2) is 18.4. The number of rotatable bonds is 19. The fourth-order valence-electron chi connectivity index (χ4n) is 2.94. The van der Waals surface area contributed by atoms with Crippen LogP contribution in [0.15, 0.2) is 0 Å². The molecule has 0 rings (SSSR count). The van der Waals surface area contributed by atoms with Crippen molar-refractivity contribution in [3.8, 4) is 0 Å². The molecule has 3 unspecified atom stereocenters. The minimum absolute atomic E-state index is 0.138. The van der Waals surface area contributed by atoms with E-state index in [4.69, 9.17) is 18.9 Å². The van der Waals surface area contributed by atoms with Crippen molar-refractivity contribution in [2.45, 2.75) is 118 Å². The van der Waals surface area contributed by atoms with Gasteiger partial charge in [0.2, 0.25) is 0 Å². The molecule has 184 valence electrons. The van der Waals surface area contributed by atoms with Crippen LogP contribution in [0, 0.1) is 11.8 Å². The highest BCUT2D eigenvalue weighted by Crippen LogP contribution is 2.10. The molecule has 0 spiro atoms. The van der Waals surface area contributed by atoms with Gasteiger partial charge in [0.25, 0.3) is 0 Å². The summed E-state index contributed by atoms with van der Waals surface area (Å²) in [6, 6.07) is 0. The summed E-state index contributed by atoms with van der Waals surface area (Å²) in [5.74, 6) is 1.01. The van der Waals surface area contributed by atoms with Crippen molar-refractivity contribution >= 4 is 11.9 Å². The summed E-state index contributed by atoms with van der Waals surface area (Å²) < 4.78 is 22.1. The van der Waals surface area contributed by atoms with Crippen LogP contribution >= 0.6 is 0 Å². The van der Waals surface area contributed by atoms with Crippen molar-refractivity contribution in [3.05, 3.63) is 0 Å². The molecule has 0 saturated heterocycles. The maximum Gasteiger partial charge on any atom is 0.306 e. The Kier molecular flexibility index (Phi) is 17.8. The Labute approximate surface area is 190 Å². The van der Waals surface area contributed by atoms with Gasteiger partial charge < -0.3 is 18.9 Å². The van der Waals surface area contributed by atoms with Crippen molar-refractivity contribution in [2.24, 2.45) is 11.8 Å². The van der Waals surface area contributed by atoms with Crippen molar-refractivity contribution in [3.63, 3.8) is 0 Å². The molecule has 0 aliphatic heterocycles. The largest absolute Gasteiger partial charge is 0.463 e. The van der Waals surface area contributed by atoms with E-state index in [1.807, 2.05) is 20.8 Å². The molecule has 31 heavy (non-hydrogen) atoms. The highest BCUT2D eigenvalue weighted by Gasteiger charge is 2.14. The molecule has 3 atom stereocenters. The first-order valence-electron chi connectivity index (χ1n) is 12.2. The van der Waals surface area contributed by atoms with E-state index in [2.05, 4.69) is 27.7 Å². The summed E-state index contributed by atoms with van der Waals surface area (Å²) in [6.45, 7) is 15.3. The Hall–Kier alpha value is -1.14.